The molecular weight excluding hydrogens is 337 g/mol. The topological polar surface area (TPSA) is 38.3 Å². The Bertz CT molecular complexity index is 673. The number of carbonyl (C=O) groups excluding carboxylic acids is 1. The van der Waals surface area contributed by atoms with Gasteiger partial charge in [0.15, 0.2) is 0 Å². The number of nitrogens with one attached hydrogen (secondary N) is 1. The fraction of sp³-hybridized carbons (Fsp3) is 0.188. The van der Waals surface area contributed by atoms with Crippen molar-refractivity contribution in [3.05, 3.63) is 63.4 Å². The van der Waals surface area contributed by atoms with E-state index in [1.807, 2.05) is 13.0 Å². The molecule has 21 heavy (non-hydrogen) atoms. The quantitative estimate of drug-likeness (QED) is 0.834. The second-order valence-corrected chi connectivity index (χ2v) is 5.46. The summed E-state index contributed by atoms with van der Waals surface area (Å²) in [5.74, 6) is -0.634. The van der Waals surface area contributed by atoms with Gasteiger partial charge in [-0.25, -0.2) is 9.18 Å². The molecule has 2 aromatic rings. The van der Waals surface area contributed by atoms with Gasteiger partial charge in [0.05, 0.1) is 12.7 Å². The van der Waals surface area contributed by atoms with Crippen LogP contribution in [-0.4, -0.2) is 13.1 Å². The number of aryl methyl sites for hydroxylation is 1. The van der Waals surface area contributed by atoms with Gasteiger partial charge in [-0.2, -0.15) is 0 Å². The van der Waals surface area contributed by atoms with Gasteiger partial charge in [-0.05, 0) is 54.4 Å². The molecule has 0 amide bonds. The van der Waals surface area contributed by atoms with Crippen molar-refractivity contribution in [2.75, 3.05) is 12.4 Å². The van der Waals surface area contributed by atoms with E-state index in [2.05, 4.69) is 26.0 Å². The summed E-state index contributed by atoms with van der Waals surface area (Å²) in [6, 6.07) is 9.84. The highest BCUT2D eigenvalue weighted by molar-refractivity contribution is 9.10. The predicted octanol–water partition coefficient (Wildman–Crippen LogP) is 4.30. The fourth-order valence-electron chi connectivity index (χ4n) is 1.98. The maximum absolute atomic E-state index is 13.2. The number of hydrogen-bond donors (Lipinski definition) is 1. The van der Waals surface area contributed by atoms with Crippen molar-refractivity contribution >= 4 is 27.6 Å². The van der Waals surface area contributed by atoms with Crippen LogP contribution in [0.2, 0.25) is 0 Å². The summed E-state index contributed by atoms with van der Waals surface area (Å²) >= 11 is 3.39. The first-order valence-corrected chi connectivity index (χ1v) is 7.17. The molecule has 5 heteroatoms. The highest BCUT2D eigenvalue weighted by atomic mass is 79.9. The molecule has 0 saturated heterocycles. The van der Waals surface area contributed by atoms with Crippen LogP contribution in [0.3, 0.4) is 0 Å². The number of hydrogen-bond acceptors (Lipinski definition) is 3. The standard InChI is InChI=1S/C16H15BrFNO2/c1-10-7-11(16(20)21-2)3-6-15(10)19-9-12-8-13(18)4-5-14(12)17/h3-8,19H,9H2,1-2H3. The molecule has 0 aromatic heterocycles. The summed E-state index contributed by atoms with van der Waals surface area (Å²) in [4.78, 5) is 11.4. The minimum atomic E-state index is -0.363. The molecule has 2 aromatic carbocycles. The average molecular weight is 352 g/mol. The molecule has 0 aliphatic heterocycles. The number of methoxy groups -OCH3 is 1. The molecule has 110 valence electrons. The third kappa shape index (κ3) is 3.82. The third-order valence-electron chi connectivity index (χ3n) is 3.12. The zero-order chi connectivity index (χ0) is 15.4. The highest BCUT2D eigenvalue weighted by Gasteiger charge is 2.08. The zero-order valence-electron chi connectivity index (χ0n) is 11.7. The first kappa shape index (κ1) is 15.5. The lowest BCUT2D eigenvalue weighted by molar-refractivity contribution is 0.0600. The van der Waals surface area contributed by atoms with Crippen LogP contribution in [-0.2, 0) is 11.3 Å². The van der Waals surface area contributed by atoms with Crippen LogP contribution in [0.4, 0.5) is 10.1 Å². The van der Waals surface area contributed by atoms with Crippen molar-refractivity contribution in [3.63, 3.8) is 0 Å². The second kappa shape index (κ2) is 6.72. The molecule has 1 N–H and O–H groups in total. The van der Waals surface area contributed by atoms with Gasteiger partial charge in [-0.15, -0.1) is 0 Å². The smallest absolute Gasteiger partial charge is 0.337 e. The number of halogens is 2. The molecule has 0 bridgehead atoms. The largest absolute Gasteiger partial charge is 0.465 e. The molecule has 3 nitrogen and oxygen atoms in total. The normalized spacial score (nSPS) is 10.3. The van der Waals surface area contributed by atoms with Crippen molar-refractivity contribution in [1.82, 2.24) is 0 Å². The van der Waals surface area contributed by atoms with Crippen LogP contribution in [0, 0.1) is 12.7 Å². The number of esters is 1. The molecule has 0 aliphatic rings. The molecule has 0 heterocycles. The molecule has 0 unspecified atom stereocenters. The van der Waals surface area contributed by atoms with Crippen LogP contribution >= 0.6 is 15.9 Å². The minimum Gasteiger partial charge on any atom is -0.465 e. The monoisotopic (exact) mass is 351 g/mol. The highest BCUT2D eigenvalue weighted by Crippen LogP contribution is 2.22. The van der Waals surface area contributed by atoms with Crippen molar-refractivity contribution in [1.29, 1.82) is 0 Å². The Morgan fingerprint density at radius 2 is 2.05 bits per heavy atom. The van der Waals surface area contributed by atoms with E-state index in [4.69, 9.17) is 0 Å². The van der Waals surface area contributed by atoms with Crippen molar-refractivity contribution in [3.8, 4) is 0 Å². The first-order valence-electron chi connectivity index (χ1n) is 6.38. The Labute approximate surface area is 131 Å². The number of rotatable bonds is 4. The predicted molar refractivity (Wildman–Crippen MR) is 83.9 cm³/mol. The van der Waals surface area contributed by atoms with Gasteiger partial charge in [-0.1, -0.05) is 15.9 Å². The molecule has 2 rings (SSSR count). The van der Waals surface area contributed by atoms with E-state index in [0.717, 1.165) is 21.3 Å². The maximum atomic E-state index is 13.2. The van der Waals surface area contributed by atoms with E-state index in [-0.39, 0.29) is 11.8 Å². The van der Waals surface area contributed by atoms with Gasteiger partial charge in [0.25, 0.3) is 0 Å². The van der Waals surface area contributed by atoms with Gasteiger partial charge in [-0.3, -0.25) is 0 Å². The van der Waals surface area contributed by atoms with Gasteiger partial charge in [0.1, 0.15) is 5.82 Å². The molecular formula is C16H15BrFNO2. The first-order chi connectivity index (χ1) is 10.0. The summed E-state index contributed by atoms with van der Waals surface area (Å²) in [7, 11) is 1.35. The van der Waals surface area contributed by atoms with Gasteiger partial charge in [0, 0.05) is 16.7 Å². The number of anilines is 1. The Morgan fingerprint density at radius 1 is 1.29 bits per heavy atom. The average Bonchev–Trinajstić information content (AvgIpc) is 2.48. The summed E-state index contributed by atoms with van der Waals surface area (Å²) < 4.78 is 18.8. The second-order valence-electron chi connectivity index (χ2n) is 4.61. The summed E-state index contributed by atoms with van der Waals surface area (Å²) in [5, 5.41) is 3.23. The van der Waals surface area contributed by atoms with Crippen LogP contribution in [0.1, 0.15) is 21.5 Å². The lowest BCUT2D eigenvalue weighted by atomic mass is 10.1. The van der Waals surface area contributed by atoms with Crippen molar-refractivity contribution < 1.29 is 13.9 Å². The molecule has 0 aliphatic carbocycles. The Hall–Kier alpha value is -1.88. The maximum Gasteiger partial charge on any atom is 0.337 e. The summed E-state index contributed by atoms with van der Waals surface area (Å²) in [6.45, 7) is 2.38. The number of ether oxygens (including phenoxy) is 1. The lowest BCUT2D eigenvalue weighted by Gasteiger charge is -2.12. The van der Waals surface area contributed by atoms with Gasteiger partial charge >= 0.3 is 5.97 Å². The van der Waals surface area contributed by atoms with E-state index < -0.39 is 0 Å². The molecule has 0 saturated carbocycles. The Balaban J connectivity index is 2.13. The SMILES string of the molecule is COC(=O)c1ccc(NCc2cc(F)ccc2Br)c(C)c1. The fourth-order valence-corrected chi connectivity index (χ4v) is 2.36. The van der Waals surface area contributed by atoms with E-state index in [0.29, 0.717) is 12.1 Å². The zero-order valence-corrected chi connectivity index (χ0v) is 13.3. The molecule has 0 radical (unpaired) electrons. The van der Waals surface area contributed by atoms with E-state index in [9.17, 15) is 9.18 Å². The summed E-state index contributed by atoms with van der Waals surface area (Å²) in [6.07, 6.45) is 0. The van der Waals surface area contributed by atoms with Crippen LogP contribution in [0.5, 0.6) is 0 Å². The van der Waals surface area contributed by atoms with E-state index in [1.165, 1.54) is 19.2 Å². The molecule has 0 fully saturated rings. The summed E-state index contributed by atoms with van der Waals surface area (Å²) in [5.41, 5.74) is 3.14. The third-order valence-corrected chi connectivity index (χ3v) is 3.90. The number of carbonyl (C=O) groups is 1. The van der Waals surface area contributed by atoms with Crippen LogP contribution < -0.4 is 5.32 Å². The van der Waals surface area contributed by atoms with Gasteiger partial charge in [0.2, 0.25) is 0 Å². The minimum absolute atomic E-state index is 0.271. The molecule has 0 atom stereocenters. The van der Waals surface area contributed by atoms with Crippen LogP contribution in [0.25, 0.3) is 0 Å². The Morgan fingerprint density at radius 3 is 2.71 bits per heavy atom. The number of benzene rings is 2. The van der Waals surface area contributed by atoms with Gasteiger partial charge < -0.3 is 10.1 Å². The van der Waals surface area contributed by atoms with E-state index in [1.54, 1.807) is 18.2 Å². The van der Waals surface area contributed by atoms with E-state index >= 15 is 0 Å². The lowest BCUT2D eigenvalue weighted by Crippen LogP contribution is -2.05. The van der Waals surface area contributed by atoms with Crippen molar-refractivity contribution in [2.45, 2.75) is 13.5 Å². The Kier molecular flexibility index (Phi) is 4.96. The molecule has 0 spiro atoms. The van der Waals surface area contributed by atoms with Crippen molar-refractivity contribution in [2.24, 2.45) is 0 Å². The van der Waals surface area contributed by atoms with Crippen LogP contribution in [0.15, 0.2) is 40.9 Å².